The molecule has 1 aromatic carbocycles. The Balaban J connectivity index is 1.30. The van der Waals surface area contributed by atoms with Gasteiger partial charge in [0.05, 0.1) is 38.2 Å². The van der Waals surface area contributed by atoms with E-state index in [-0.39, 0.29) is 12.6 Å². The lowest BCUT2D eigenvalue weighted by molar-refractivity contribution is 0.0727. The first-order chi connectivity index (χ1) is 16.8. The van der Waals surface area contributed by atoms with Gasteiger partial charge in [-0.3, -0.25) is 0 Å². The maximum absolute atomic E-state index is 9.67. The highest BCUT2D eigenvalue weighted by atomic mass is 16.5. The number of rotatable bonds is 5. The zero-order valence-electron chi connectivity index (χ0n) is 18.7. The topological polar surface area (TPSA) is 97.0 Å². The van der Waals surface area contributed by atoms with Gasteiger partial charge in [0.15, 0.2) is 11.5 Å². The first-order valence-corrected chi connectivity index (χ1v) is 11.6. The molecule has 1 saturated heterocycles. The summed E-state index contributed by atoms with van der Waals surface area (Å²) in [5.41, 5.74) is 5.58. The third-order valence-corrected chi connectivity index (χ3v) is 6.32. The number of morpholine rings is 1. The number of hydrogen-bond donors (Lipinski definition) is 2. The Hall–Kier alpha value is -3.69. The van der Waals surface area contributed by atoms with Gasteiger partial charge in [-0.25, -0.2) is 15.0 Å². The second-order valence-electron chi connectivity index (χ2n) is 8.55. The van der Waals surface area contributed by atoms with Crippen LogP contribution < -0.4 is 15.0 Å². The first kappa shape index (κ1) is 20.9. The summed E-state index contributed by atoms with van der Waals surface area (Å²) < 4.78 is 13.1. The normalized spacial score (nSPS) is 17.9. The van der Waals surface area contributed by atoms with E-state index >= 15 is 0 Å². The Bertz CT molecular complexity index is 1310. The van der Waals surface area contributed by atoms with Gasteiger partial charge in [-0.1, -0.05) is 0 Å². The van der Waals surface area contributed by atoms with Gasteiger partial charge < -0.3 is 29.2 Å². The average molecular weight is 459 g/mol. The van der Waals surface area contributed by atoms with Crippen molar-refractivity contribution in [1.29, 1.82) is 0 Å². The summed E-state index contributed by atoms with van der Waals surface area (Å²) in [7, 11) is 0. The number of aliphatic hydroxyl groups excluding tert-OH is 1. The number of fused-ring (bicyclic) bond motifs is 2. The number of aryl methyl sites for hydroxylation is 1. The van der Waals surface area contributed by atoms with Crippen LogP contribution >= 0.6 is 0 Å². The fourth-order valence-electron chi connectivity index (χ4n) is 4.55. The number of imidazole rings is 1. The van der Waals surface area contributed by atoms with Crippen LogP contribution in [0.3, 0.4) is 0 Å². The van der Waals surface area contributed by atoms with Crippen molar-refractivity contribution in [2.45, 2.75) is 18.9 Å². The summed E-state index contributed by atoms with van der Waals surface area (Å²) in [4.78, 5) is 16.1. The monoisotopic (exact) mass is 458 g/mol. The van der Waals surface area contributed by atoms with E-state index in [4.69, 9.17) is 14.5 Å². The van der Waals surface area contributed by atoms with E-state index in [9.17, 15) is 5.11 Å². The van der Waals surface area contributed by atoms with Gasteiger partial charge in [-0.2, -0.15) is 0 Å². The van der Waals surface area contributed by atoms with Crippen LogP contribution in [-0.2, 0) is 11.2 Å². The number of nitrogens with one attached hydrogen (secondary N) is 1. The van der Waals surface area contributed by atoms with Gasteiger partial charge in [0, 0.05) is 53.8 Å². The van der Waals surface area contributed by atoms with Crippen molar-refractivity contribution >= 4 is 22.8 Å². The molecule has 0 spiro atoms. The van der Waals surface area contributed by atoms with E-state index in [0.29, 0.717) is 19.0 Å². The number of anilines is 3. The molecule has 0 saturated carbocycles. The van der Waals surface area contributed by atoms with Crippen LogP contribution in [0.2, 0.25) is 0 Å². The van der Waals surface area contributed by atoms with Gasteiger partial charge in [0.2, 0.25) is 5.88 Å². The van der Waals surface area contributed by atoms with Crippen LogP contribution in [0.4, 0.5) is 17.2 Å². The molecule has 1 atom stereocenters. The predicted molar refractivity (Wildman–Crippen MR) is 129 cm³/mol. The van der Waals surface area contributed by atoms with Crippen LogP contribution in [0.1, 0.15) is 12.0 Å². The lowest BCUT2D eigenvalue weighted by atomic mass is 10.1. The zero-order chi connectivity index (χ0) is 22.9. The zero-order valence-corrected chi connectivity index (χ0v) is 18.7. The van der Waals surface area contributed by atoms with Crippen LogP contribution in [0.25, 0.3) is 16.9 Å². The van der Waals surface area contributed by atoms with Crippen molar-refractivity contribution in [3.63, 3.8) is 0 Å². The van der Waals surface area contributed by atoms with Crippen LogP contribution in [0, 0.1) is 0 Å². The van der Waals surface area contributed by atoms with Gasteiger partial charge in [-0.15, -0.1) is 0 Å². The van der Waals surface area contributed by atoms with E-state index in [0.717, 1.165) is 65.7 Å². The van der Waals surface area contributed by atoms with Gasteiger partial charge >= 0.3 is 0 Å². The molecule has 9 heteroatoms. The molecular weight excluding hydrogens is 432 g/mol. The standard InChI is InChI=1S/C25H26N6O3/c32-15-21-16-33-11-9-31(21)20-5-3-19(4-6-20)28-23-24-26-7-8-30(24)14-22(29-23)18-12-17-2-1-10-34-25(17)27-13-18/h3-8,12-14,21,32H,1-2,9-11,15-16H2,(H,28,29). The Morgan fingerprint density at radius 1 is 1.15 bits per heavy atom. The number of pyridine rings is 1. The first-order valence-electron chi connectivity index (χ1n) is 11.6. The Morgan fingerprint density at radius 2 is 2.06 bits per heavy atom. The molecule has 0 amide bonds. The molecule has 1 fully saturated rings. The number of nitrogens with zero attached hydrogens (tertiary/aromatic N) is 5. The molecule has 174 valence electrons. The minimum absolute atomic E-state index is 0.0221. The summed E-state index contributed by atoms with van der Waals surface area (Å²) in [5, 5.41) is 13.1. The van der Waals surface area contributed by atoms with Crippen molar-refractivity contribution in [3.8, 4) is 17.1 Å². The number of benzene rings is 1. The third-order valence-electron chi connectivity index (χ3n) is 6.32. The molecule has 2 aliphatic rings. The minimum Gasteiger partial charge on any atom is -0.477 e. The third kappa shape index (κ3) is 3.93. The maximum Gasteiger partial charge on any atom is 0.216 e. The molecule has 6 rings (SSSR count). The summed E-state index contributed by atoms with van der Waals surface area (Å²) >= 11 is 0. The molecule has 1 unspecified atom stereocenters. The van der Waals surface area contributed by atoms with E-state index in [1.807, 2.05) is 35.1 Å². The van der Waals surface area contributed by atoms with Crippen molar-refractivity contribution in [1.82, 2.24) is 19.4 Å². The van der Waals surface area contributed by atoms with Crippen LogP contribution in [0.5, 0.6) is 5.88 Å². The predicted octanol–water partition coefficient (Wildman–Crippen LogP) is 3.06. The number of aliphatic hydroxyl groups is 1. The molecule has 4 aromatic rings. The SMILES string of the molecule is OCC1COCCN1c1ccc(Nc2nc(-c3cnc4c(c3)CCCO4)cn3ccnc23)cc1. The number of aromatic nitrogens is 4. The van der Waals surface area contributed by atoms with Crippen molar-refractivity contribution in [2.24, 2.45) is 0 Å². The molecule has 2 N–H and O–H groups in total. The van der Waals surface area contributed by atoms with Gasteiger partial charge in [0.25, 0.3) is 0 Å². The highest BCUT2D eigenvalue weighted by molar-refractivity contribution is 5.74. The second kappa shape index (κ2) is 8.92. The van der Waals surface area contributed by atoms with E-state index in [1.54, 1.807) is 6.20 Å². The van der Waals surface area contributed by atoms with Gasteiger partial charge in [0.1, 0.15) is 0 Å². The molecular formula is C25H26N6O3. The van der Waals surface area contributed by atoms with Crippen LogP contribution in [-0.4, -0.2) is 63.5 Å². The summed E-state index contributed by atoms with van der Waals surface area (Å²) in [6, 6.07) is 10.2. The molecule has 0 bridgehead atoms. The lowest BCUT2D eigenvalue weighted by Crippen LogP contribution is -2.47. The molecule has 34 heavy (non-hydrogen) atoms. The molecule has 5 heterocycles. The smallest absolute Gasteiger partial charge is 0.216 e. The summed E-state index contributed by atoms with van der Waals surface area (Å²) in [6.07, 6.45) is 9.42. The fraction of sp³-hybridized carbons (Fsp3) is 0.320. The number of hydrogen-bond acceptors (Lipinski definition) is 8. The molecule has 2 aliphatic heterocycles. The minimum atomic E-state index is -0.0221. The van der Waals surface area contributed by atoms with Crippen molar-refractivity contribution < 1.29 is 14.6 Å². The van der Waals surface area contributed by atoms with Crippen LogP contribution in [0.15, 0.2) is 55.1 Å². The quantitative estimate of drug-likeness (QED) is 0.471. The molecule has 0 aliphatic carbocycles. The van der Waals surface area contributed by atoms with E-state index in [1.165, 1.54) is 0 Å². The highest BCUT2D eigenvalue weighted by Gasteiger charge is 2.22. The second-order valence-corrected chi connectivity index (χ2v) is 8.55. The molecule has 9 nitrogen and oxygen atoms in total. The average Bonchev–Trinajstić information content (AvgIpc) is 3.38. The maximum atomic E-state index is 9.67. The van der Waals surface area contributed by atoms with Crippen molar-refractivity contribution in [2.75, 3.05) is 43.2 Å². The Kier molecular flexibility index (Phi) is 5.48. The van der Waals surface area contributed by atoms with Crippen molar-refractivity contribution in [3.05, 3.63) is 60.7 Å². The van der Waals surface area contributed by atoms with Gasteiger partial charge in [-0.05, 0) is 43.2 Å². The summed E-state index contributed by atoms with van der Waals surface area (Å²) in [6.45, 7) is 2.75. The molecule has 0 radical (unpaired) electrons. The van der Waals surface area contributed by atoms with E-state index < -0.39 is 0 Å². The summed E-state index contributed by atoms with van der Waals surface area (Å²) in [5.74, 6) is 1.39. The Labute approximate surface area is 197 Å². The Morgan fingerprint density at radius 3 is 2.94 bits per heavy atom. The molecule has 3 aromatic heterocycles. The largest absolute Gasteiger partial charge is 0.477 e. The van der Waals surface area contributed by atoms with E-state index in [2.05, 4.69) is 38.4 Å². The number of ether oxygens (including phenoxy) is 2. The fourth-order valence-corrected chi connectivity index (χ4v) is 4.55. The lowest BCUT2D eigenvalue weighted by Gasteiger charge is -2.36. The highest BCUT2D eigenvalue weighted by Crippen LogP contribution is 2.30.